The van der Waals surface area contributed by atoms with Crippen molar-refractivity contribution in [1.29, 1.82) is 0 Å². The second-order valence-corrected chi connectivity index (χ2v) is 15.0. The smallest absolute Gasteiger partial charge is 0.245 e. The second-order valence-electron chi connectivity index (χ2n) is 12.6. The highest BCUT2D eigenvalue weighted by Gasteiger charge is 2.35. The van der Waals surface area contributed by atoms with Crippen LogP contribution in [0.3, 0.4) is 0 Å². The van der Waals surface area contributed by atoms with Gasteiger partial charge in [0.05, 0.1) is 11.9 Å². The van der Waals surface area contributed by atoms with Crippen molar-refractivity contribution in [3.8, 4) is 0 Å². The molecule has 2 N–H and O–H groups in total. The molecule has 45 heavy (non-hydrogen) atoms. The Morgan fingerprint density at radius 3 is 2.31 bits per heavy atom. The van der Waals surface area contributed by atoms with Crippen LogP contribution in [0.15, 0.2) is 72.8 Å². The van der Waals surface area contributed by atoms with Gasteiger partial charge in [0.15, 0.2) is 0 Å². The molecule has 0 aromatic heterocycles. The minimum Gasteiger partial charge on any atom is -0.342 e. The SMILES string of the molecule is CS(=O)(=O)N(CC1CC1)c1ccccc1C1CCN(C(=O)[C@@H](Cc2ccc(Cl)cc2)NC(=O)C2NCCc3ccccc32)CC1. The van der Waals surface area contributed by atoms with Crippen LogP contribution in [0.4, 0.5) is 5.69 Å². The van der Waals surface area contributed by atoms with Crippen molar-refractivity contribution in [2.75, 3.05) is 36.7 Å². The summed E-state index contributed by atoms with van der Waals surface area (Å²) in [6, 6.07) is 21.9. The first-order valence-corrected chi connectivity index (χ1v) is 18.1. The largest absolute Gasteiger partial charge is 0.342 e. The van der Waals surface area contributed by atoms with E-state index in [1.54, 1.807) is 16.4 Å². The van der Waals surface area contributed by atoms with E-state index in [9.17, 15) is 18.0 Å². The average molecular weight is 649 g/mol. The normalized spacial score (nSPS) is 19.4. The van der Waals surface area contributed by atoms with Gasteiger partial charge in [-0.1, -0.05) is 66.2 Å². The zero-order chi connectivity index (χ0) is 31.6. The summed E-state index contributed by atoms with van der Waals surface area (Å²) in [6.07, 6.45) is 6.03. The van der Waals surface area contributed by atoms with Gasteiger partial charge >= 0.3 is 0 Å². The summed E-state index contributed by atoms with van der Waals surface area (Å²) in [4.78, 5) is 29.6. The van der Waals surface area contributed by atoms with Crippen LogP contribution in [-0.4, -0.2) is 63.6 Å². The first-order chi connectivity index (χ1) is 21.7. The van der Waals surface area contributed by atoms with Crippen LogP contribution in [0.2, 0.25) is 5.02 Å². The van der Waals surface area contributed by atoms with Crippen molar-refractivity contribution in [1.82, 2.24) is 15.5 Å². The lowest BCUT2D eigenvalue weighted by atomic mass is 9.87. The predicted octanol–water partition coefficient (Wildman–Crippen LogP) is 4.84. The monoisotopic (exact) mass is 648 g/mol. The molecule has 1 aliphatic carbocycles. The Balaban J connectivity index is 1.18. The van der Waals surface area contributed by atoms with Gasteiger partial charge in [-0.25, -0.2) is 8.42 Å². The van der Waals surface area contributed by atoms with E-state index in [0.29, 0.717) is 56.4 Å². The van der Waals surface area contributed by atoms with Crippen LogP contribution in [-0.2, 0) is 32.5 Å². The number of hydrogen-bond acceptors (Lipinski definition) is 5. The Hall–Kier alpha value is -3.40. The molecule has 2 amide bonds. The molecular formula is C35H41ClN4O4S. The van der Waals surface area contributed by atoms with Gasteiger partial charge in [-0.05, 0) is 84.4 Å². The van der Waals surface area contributed by atoms with Crippen molar-refractivity contribution in [3.63, 3.8) is 0 Å². The molecule has 3 aromatic rings. The van der Waals surface area contributed by atoms with Crippen LogP contribution in [0, 0.1) is 5.92 Å². The number of amides is 2. The number of piperidine rings is 1. The number of carbonyl (C=O) groups is 2. The average Bonchev–Trinajstić information content (AvgIpc) is 3.88. The highest BCUT2D eigenvalue weighted by atomic mass is 35.5. The Bertz CT molecular complexity index is 1640. The lowest BCUT2D eigenvalue weighted by Gasteiger charge is -2.36. The van der Waals surface area contributed by atoms with E-state index >= 15 is 0 Å². The molecule has 10 heteroatoms. The number of nitrogens with one attached hydrogen (secondary N) is 2. The van der Waals surface area contributed by atoms with Crippen molar-refractivity contribution >= 4 is 39.1 Å². The summed E-state index contributed by atoms with van der Waals surface area (Å²) in [5.41, 5.74) is 4.78. The molecule has 6 rings (SSSR count). The molecule has 2 heterocycles. The zero-order valence-electron chi connectivity index (χ0n) is 25.6. The minimum atomic E-state index is -3.43. The number of likely N-dealkylation sites (tertiary alicyclic amines) is 1. The van der Waals surface area contributed by atoms with Crippen molar-refractivity contribution < 1.29 is 18.0 Å². The molecular weight excluding hydrogens is 608 g/mol. The van der Waals surface area contributed by atoms with Crippen LogP contribution in [0.5, 0.6) is 0 Å². The molecule has 2 atom stereocenters. The van der Waals surface area contributed by atoms with Gasteiger partial charge in [0.2, 0.25) is 21.8 Å². The van der Waals surface area contributed by atoms with E-state index in [2.05, 4.69) is 16.7 Å². The number of anilines is 1. The number of halogens is 1. The molecule has 0 spiro atoms. The van der Waals surface area contributed by atoms with Gasteiger partial charge < -0.3 is 15.5 Å². The maximum absolute atomic E-state index is 14.1. The summed E-state index contributed by atoms with van der Waals surface area (Å²) in [6.45, 7) is 2.25. The van der Waals surface area contributed by atoms with Crippen LogP contribution >= 0.6 is 11.6 Å². The van der Waals surface area contributed by atoms with Crippen molar-refractivity contribution in [2.45, 2.75) is 56.5 Å². The van der Waals surface area contributed by atoms with E-state index in [0.717, 1.165) is 47.2 Å². The maximum atomic E-state index is 14.1. The molecule has 1 unspecified atom stereocenters. The third-order valence-electron chi connectivity index (χ3n) is 9.31. The summed E-state index contributed by atoms with van der Waals surface area (Å²) in [7, 11) is -3.43. The summed E-state index contributed by atoms with van der Waals surface area (Å²) in [5.74, 6) is 0.216. The van der Waals surface area contributed by atoms with Gasteiger partial charge in [-0.2, -0.15) is 0 Å². The summed E-state index contributed by atoms with van der Waals surface area (Å²) >= 11 is 6.12. The Labute approximate surface area is 271 Å². The molecule has 2 fully saturated rings. The fourth-order valence-electron chi connectivity index (χ4n) is 6.69. The summed E-state index contributed by atoms with van der Waals surface area (Å²) in [5, 5.41) is 7.04. The number of benzene rings is 3. The predicted molar refractivity (Wildman–Crippen MR) is 178 cm³/mol. The molecule has 3 aliphatic rings. The first kappa shape index (κ1) is 31.6. The fraction of sp³-hybridized carbons (Fsp3) is 0.429. The molecule has 0 bridgehead atoms. The first-order valence-electron chi connectivity index (χ1n) is 15.9. The number of para-hydroxylation sites is 1. The van der Waals surface area contributed by atoms with E-state index in [1.165, 1.54) is 6.26 Å². The van der Waals surface area contributed by atoms with E-state index in [1.807, 2.05) is 59.5 Å². The topological polar surface area (TPSA) is 98.8 Å². The minimum absolute atomic E-state index is 0.111. The lowest BCUT2D eigenvalue weighted by molar-refractivity contribution is -0.137. The lowest BCUT2D eigenvalue weighted by Crippen LogP contribution is -2.54. The van der Waals surface area contributed by atoms with Gasteiger partial charge in [-0.3, -0.25) is 13.9 Å². The number of sulfonamides is 1. The standard InChI is InChI=1S/C35H41ClN4O4S/c1-45(43,44)40(23-25-10-11-25)32-9-5-4-7-29(32)27-17-20-39(21-18-27)35(42)31(22-24-12-14-28(36)15-13-24)38-34(41)33-30-8-3-2-6-26(30)16-19-37-33/h2-9,12-15,25,27,31,33,37H,10-11,16-23H2,1H3,(H,38,41)/t31-,33?/m1/s1. The molecule has 3 aromatic carbocycles. The van der Waals surface area contributed by atoms with E-state index in [-0.39, 0.29) is 17.7 Å². The van der Waals surface area contributed by atoms with Gasteiger partial charge in [0.1, 0.15) is 12.1 Å². The number of carbonyl (C=O) groups excluding carboxylic acids is 2. The van der Waals surface area contributed by atoms with Crippen molar-refractivity contribution in [2.24, 2.45) is 5.92 Å². The van der Waals surface area contributed by atoms with Gasteiger partial charge in [-0.15, -0.1) is 0 Å². The highest BCUT2D eigenvalue weighted by Crippen LogP contribution is 2.38. The quantitative estimate of drug-likeness (QED) is 0.328. The number of rotatable bonds is 10. The molecule has 238 valence electrons. The van der Waals surface area contributed by atoms with E-state index in [4.69, 9.17) is 11.6 Å². The number of nitrogens with zero attached hydrogens (tertiary/aromatic N) is 2. The van der Waals surface area contributed by atoms with Gasteiger partial charge in [0, 0.05) is 37.6 Å². The van der Waals surface area contributed by atoms with Crippen molar-refractivity contribution in [3.05, 3.63) is 100 Å². The van der Waals surface area contributed by atoms with Crippen LogP contribution < -0.4 is 14.9 Å². The Morgan fingerprint density at radius 1 is 0.956 bits per heavy atom. The third kappa shape index (κ3) is 7.54. The Morgan fingerprint density at radius 2 is 1.62 bits per heavy atom. The molecule has 0 radical (unpaired) electrons. The molecule has 8 nitrogen and oxygen atoms in total. The Kier molecular flexibility index (Phi) is 9.49. The zero-order valence-corrected chi connectivity index (χ0v) is 27.2. The third-order valence-corrected chi connectivity index (χ3v) is 10.7. The second kappa shape index (κ2) is 13.5. The number of fused-ring (bicyclic) bond motifs is 1. The number of hydrogen-bond donors (Lipinski definition) is 2. The van der Waals surface area contributed by atoms with Gasteiger partial charge in [0.25, 0.3) is 0 Å². The highest BCUT2D eigenvalue weighted by molar-refractivity contribution is 7.92. The molecule has 1 saturated heterocycles. The van der Waals surface area contributed by atoms with E-state index < -0.39 is 22.1 Å². The van der Waals surface area contributed by atoms with Crippen LogP contribution in [0.25, 0.3) is 0 Å². The summed E-state index contributed by atoms with van der Waals surface area (Å²) < 4.78 is 27.2. The molecule has 1 saturated carbocycles. The van der Waals surface area contributed by atoms with Crippen LogP contribution in [0.1, 0.15) is 59.9 Å². The maximum Gasteiger partial charge on any atom is 0.245 e. The molecule has 2 aliphatic heterocycles. The fourth-order valence-corrected chi connectivity index (χ4v) is 7.82.